The molecule has 6 nitrogen and oxygen atoms in total. The fourth-order valence-corrected chi connectivity index (χ4v) is 3.89. The lowest BCUT2D eigenvalue weighted by Crippen LogP contribution is -2.44. The normalized spacial score (nSPS) is 19.0. The number of nitrogens with zero attached hydrogens (tertiary/aromatic N) is 3. The molecule has 2 unspecified atom stereocenters. The highest BCUT2D eigenvalue weighted by Gasteiger charge is 2.36. The molecule has 1 aliphatic rings. The van der Waals surface area contributed by atoms with Crippen LogP contribution in [0.15, 0.2) is 48.5 Å². The van der Waals surface area contributed by atoms with E-state index in [1.807, 2.05) is 36.4 Å². The number of nitro groups is 1. The number of nitro benzene ring substituents is 1. The van der Waals surface area contributed by atoms with Crippen molar-refractivity contribution in [3.05, 3.63) is 64.2 Å². The van der Waals surface area contributed by atoms with Crippen LogP contribution in [0.25, 0.3) is 0 Å². The molecule has 1 aliphatic heterocycles. The van der Waals surface area contributed by atoms with E-state index in [1.54, 1.807) is 17.9 Å². The molecule has 0 radical (unpaired) electrons. The van der Waals surface area contributed by atoms with E-state index in [2.05, 4.69) is 18.7 Å². The smallest absolute Gasteiger partial charge is 0.269 e. The minimum Gasteiger partial charge on any atom is -0.369 e. The van der Waals surface area contributed by atoms with Crippen LogP contribution in [0.3, 0.4) is 0 Å². The highest BCUT2D eigenvalue weighted by atomic mass is 16.6. The minimum atomic E-state index is -0.383. The zero-order valence-electron chi connectivity index (χ0n) is 15.3. The minimum absolute atomic E-state index is 0.0518. The summed E-state index contributed by atoms with van der Waals surface area (Å²) < 4.78 is 0. The summed E-state index contributed by atoms with van der Waals surface area (Å²) in [5.74, 6) is -0.0733. The number of amides is 1. The van der Waals surface area contributed by atoms with Gasteiger partial charge in [0.2, 0.25) is 5.91 Å². The van der Waals surface area contributed by atoms with E-state index in [9.17, 15) is 14.9 Å². The number of benzene rings is 2. The molecule has 0 N–H and O–H groups in total. The molecule has 26 heavy (non-hydrogen) atoms. The third kappa shape index (κ3) is 3.14. The Kier molecular flexibility index (Phi) is 4.93. The molecule has 0 aromatic heterocycles. The second-order valence-corrected chi connectivity index (χ2v) is 6.61. The first-order chi connectivity index (χ1) is 12.4. The molecule has 0 bridgehead atoms. The molecular weight excluding hydrogens is 330 g/mol. The quantitative estimate of drug-likeness (QED) is 0.607. The van der Waals surface area contributed by atoms with Crippen LogP contribution in [0, 0.1) is 10.1 Å². The van der Waals surface area contributed by atoms with Gasteiger partial charge < -0.3 is 9.80 Å². The number of para-hydroxylation sites is 1. The van der Waals surface area contributed by atoms with Gasteiger partial charge in [-0.25, -0.2) is 0 Å². The van der Waals surface area contributed by atoms with Gasteiger partial charge in [-0.1, -0.05) is 18.2 Å². The highest BCUT2D eigenvalue weighted by molar-refractivity contribution is 5.93. The van der Waals surface area contributed by atoms with E-state index in [0.717, 1.165) is 29.9 Å². The predicted octanol–water partition coefficient (Wildman–Crippen LogP) is 4.31. The van der Waals surface area contributed by atoms with Crippen molar-refractivity contribution in [1.82, 2.24) is 0 Å². The molecule has 0 fully saturated rings. The maximum atomic E-state index is 12.5. The molecule has 2 atom stereocenters. The van der Waals surface area contributed by atoms with Gasteiger partial charge in [0.25, 0.3) is 5.69 Å². The Morgan fingerprint density at radius 2 is 1.96 bits per heavy atom. The highest BCUT2D eigenvalue weighted by Crippen LogP contribution is 2.43. The summed E-state index contributed by atoms with van der Waals surface area (Å²) in [6, 6.07) is 14.4. The Balaban J connectivity index is 2.16. The Morgan fingerprint density at radius 3 is 2.54 bits per heavy atom. The van der Waals surface area contributed by atoms with Gasteiger partial charge in [0.05, 0.1) is 11.0 Å². The monoisotopic (exact) mass is 353 g/mol. The van der Waals surface area contributed by atoms with E-state index >= 15 is 0 Å². The van der Waals surface area contributed by atoms with Gasteiger partial charge in [0.1, 0.15) is 0 Å². The van der Waals surface area contributed by atoms with Crippen LogP contribution in [0.5, 0.6) is 0 Å². The largest absolute Gasteiger partial charge is 0.369 e. The maximum Gasteiger partial charge on any atom is 0.269 e. The Morgan fingerprint density at radius 1 is 1.27 bits per heavy atom. The van der Waals surface area contributed by atoms with Crippen LogP contribution in [0.4, 0.5) is 17.1 Å². The summed E-state index contributed by atoms with van der Waals surface area (Å²) in [6.45, 7) is 6.55. The number of hydrogen-bond acceptors (Lipinski definition) is 4. The lowest BCUT2D eigenvalue weighted by atomic mass is 9.89. The van der Waals surface area contributed by atoms with Gasteiger partial charge in [0.15, 0.2) is 0 Å². The molecule has 6 heteroatoms. The van der Waals surface area contributed by atoms with Crippen LogP contribution < -0.4 is 9.80 Å². The molecule has 2 aromatic rings. The predicted molar refractivity (Wildman–Crippen MR) is 103 cm³/mol. The van der Waals surface area contributed by atoms with Crippen LogP contribution >= 0.6 is 0 Å². The first kappa shape index (κ1) is 17.9. The molecule has 2 aromatic carbocycles. The molecular formula is C20H23N3O3. The third-order valence-corrected chi connectivity index (χ3v) is 5.01. The maximum absolute atomic E-state index is 12.5. The van der Waals surface area contributed by atoms with Crippen molar-refractivity contribution in [1.29, 1.82) is 0 Å². The Bertz CT molecular complexity index is 822. The van der Waals surface area contributed by atoms with E-state index in [1.165, 1.54) is 6.07 Å². The van der Waals surface area contributed by atoms with Gasteiger partial charge in [-0.15, -0.1) is 0 Å². The zero-order valence-corrected chi connectivity index (χ0v) is 15.3. The zero-order chi connectivity index (χ0) is 18.8. The van der Waals surface area contributed by atoms with Crippen molar-refractivity contribution in [3.8, 4) is 0 Å². The number of hydrogen-bond donors (Lipinski definition) is 0. The number of rotatable bonds is 4. The molecule has 136 valence electrons. The van der Waals surface area contributed by atoms with Gasteiger partial charge in [-0.05, 0) is 38.5 Å². The first-order valence-electron chi connectivity index (χ1n) is 8.83. The number of carbonyl (C=O) groups excluding carboxylic acids is 1. The second-order valence-electron chi connectivity index (χ2n) is 6.61. The van der Waals surface area contributed by atoms with Crippen LogP contribution in [0.1, 0.15) is 38.8 Å². The fraction of sp³-hybridized carbons (Fsp3) is 0.350. The van der Waals surface area contributed by atoms with Crippen molar-refractivity contribution in [3.63, 3.8) is 0 Å². The van der Waals surface area contributed by atoms with E-state index in [4.69, 9.17) is 0 Å². The third-order valence-electron chi connectivity index (χ3n) is 5.01. The van der Waals surface area contributed by atoms with Gasteiger partial charge in [-0.2, -0.15) is 0 Å². The molecule has 1 heterocycles. The van der Waals surface area contributed by atoms with Crippen molar-refractivity contribution < 1.29 is 9.72 Å². The van der Waals surface area contributed by atoms with Crippen molar-refractivity contribution in [2.75, 3.05) is 16.3 Å². The van der Waals surface area contributed by atoms with Crippen LogP contribution in [0.2, 0.25) is 0 Å². The Hall–Kier alpha value is -2.89. The van der Waals surface area contributed by atoms with Crippen molar-refractivity contribution in [2.24, 2.45) is 0 Å². The summed E-state index contributed by atoms with van der Waals surface area (Å²) >= 11 is 0. The van der Waals surface area contributed by atoms with Crippen molar-refractivity contribution >= 4 is 23.0 Å². The van der Waals surface area contributed by atoms with Gasteiger partial charge in [0, 0.05) is 48.6 Å². The standard InChI is InChI=1S/C20H23N3O3/c1-4-21-14(2)12-20(18-13-17(23(25)26)10-11-19(18)21)22(15(3)24)16-8-6-5-7-9-16/h5-11,13-14,20H,4,12H2,1-3H3. The van der Waals surface area contributed by atoms with Gasteiger partial charge >= 0.3 is 0 Å². The van der Waals surface area contributed by atoms with Crippen LogP contribution in [-0.4, -0.2) is 23.4 Å². The summed E-state index contributed by atoms with van der Waals surface area (Å²) in [4.78, 5) is 27.4. The molecule has 0 saturated carbocycles. The molecule has 0 saturated heterocycles. The number of fused-ring (bicyclic) bond motifs is 1. The fourth-order valence-electron chi connectivity index (χ4n) is 3.89. The summed E-state index contributed by atoms with van der Waals surface area (Å²) in [7, 11) is 0. The average molecular weight is 353 g/mol. The average Bonchev–Trinajstić information content (AvgIpc) is 2.62. The molecule has 0 spiro atoms. The summed E-state index contributed by atoms with van der Waals surface area (Å²) in [5, 5.41) is 11.3. The number of anilines is 2. The van der Waals surface area contributed by atoms with Crippen LogP contribution in [-0.2, 0) is 4.79 Å². The van der Waals surface area contributed by atoms with E-state index in [0.29, 0.717) is 0 Å². The summed E-state index contributed by atoms with van der Waals surface area (Å²) in [5.41, 5.74) is 2.65. The number of carbonyl (C=O) groups is 1. The lowest BCUT2D eigenvalue weighted by Gasteiger charge is -2.44. The lowest BCUT2D eigenvalue weighted by molar-refractivity contribution is -0.384. The molecule has 1 amide bonds. The Labute approximate surface area is 153 Å². The first-order valence-corrected chi connectivity index (χ1v) is 8.83. The molecule has 3 rings (SSSR count). The van der Waals surface area contributed by atoms with E-state index < -0.39 is 0 Å². The summed E-state index contributed by atoms with van der Waals surface area (Å²) in [6.07, 6.45) is 0.719. The van der Waals surface area contributed by atoms with E-state index in [-0.39, 0.29) is 28.6 Å². The van der Waals surface area contributed by atoms with Gasteiger partial charge in [-0.3, -0.25) is 14.9 Å². The SMILES string of the molecule is CCN1c2ccc([N+](=O)[O-])cc2C(N(C(C)=O)c2ccccc2)CC1C. The number of non-ortho nitro benzene ring substituents is 1. The topological polar surface area (TPSA) is 66.7 Å². The molecule has 0 aliphatic carbocycles. The van der Waals surface area contributed by atoms with Crippen molar-refractivity contribution in [2.45, 2.75) is 39.3 Å². The second kappa shape index (κ2) is 7.15.